The van der Waals surface area contributed by atoms with Crippen molar-refractivity contribution in [1.29, 1.82) is 0 Å². The molecule has 0 atom stereocenters. The van der Waals surface area contributed by atoms with Gasteiger partial charge in [0.1, 0.15) is 19.8 Å². The minimum atomic E-state index is -2.31. The van der Waals surface area contributed by atoms with E-state index in [9.17, 15) is 31.5 Å². The van der Waals surface area contributed by atoms with Gasteiger partial charge in [-0.05, 0) is 18.8 Å². The van der Waals surface area contributed by atoms with E-state index in [4.69, 9.17) is 9.47 Å². The zero-order chi connectivity index (χ0) is 20.6. The summed E-state index contributed by atoms with van der Waals surface area (Å²) in [5.41, 5.74) is -1.29. The quantitative estimate of drug-likeness (QED) is 0.199. The SMILES string of the molecule is CC(C)CCCOC(=O)COCC(=O)OCc1c(F)c(F)c(F)c(F)c1F. The smallest absolute Gasteiger partial charge is 0.332 e. The molecular formula is C17H19F5O5. The number of halogens is 5. The third-order valence-corrected chi connectivity index (χ3v) is 3.31. The van der Waals surface area contributed by atoms with Crippen molar-refractivity contribution in [3.05, 3.63) is 34.6 Å². The van der Waals surface area contributed by atoms with Crippen LogP contribution < -0.4 is 0 Å². The first-order valence-corrected chi connectivity index (χ1v) is 8.04. The molecule has 0 saturated heterocycles. The molecular weight excluding hydrogens is 379 g/mol. The molecule has 5 nitrogen and oxygen atoms in total. The van der Waals surface area contributed by atoms with E-state index in [0.29, 0.717) is 12.3 Å². The Kier molecular flexibility index (Phi) is 9.13. The van der Waals surface area contributed by atoms with E-state index in [0.717, 1.165) is 6.42 Å². The summed E-state index contributed by atoms with van der Waals surface area (Å²) in [4.78, 5) is 22.7. The normalized spacial score (nSPS) is 11.0. The molecule has 0 saturated carbocycles. The summed E-state index contributed by atoms with van der Waals surface area (Å²) in [6, 6.07) is 0. The third kappa shape index (κ3) is 7.12. The molecule has 0 amide bonds. The number of rotatable bonds is 10. The highest BCUT2D eigenvalue weighted by atomic mass is 19.2. The molecule has 27 heavy (non-hydrogen) atoms. The number of hydrogen-bond acceptors (Lipinski definition) is 5. The van der Waals surface area contributed by atoms with Crippen molar-refractivity contribution in [2.45, 2.75) is 33.3 Å². The highest BCUT2D eigenvalue weighted by molar-refractivity contribution is 5.73. The van der Waals surface area contributed by atoms with Gasteiger partial charge in [-0.25, -0.2) is 31.5 Å². The predicted molar refractivity (Wildman–Crippen MR) is 81.9 cm³/mol. The van der Waals surface area contributed by atoms with Crippen LogP contribution in [-0.2, 0) is 30.4 Å². The fourth-order valence-corrected chi connectivity index (χ4v) is 1.91. The van der Waals surface area contributed by atoms with E-state index in [1.54, 1.807) is 0 Å². The van der Waals surface area contributed by atoms with Crippen molar-refractivity contribution < 1.29 is 45.8 Å². The first kappa shape index (κ1) is 22.8. The van der Waals surface area contributed by atoms with Crippen LogP contribution in [0, 0.1) is 35.0 Å². The minimum Gasteiger partial charge on any atom is -0.464 e. The van der Waals surface area contributed by atoms with Gasteiger partial charge in [0.2, 0.25) is 5.82 Å². The minimum absolute atomic E-state index is 0.199. The maximum Gasteiger partial charge on any atom is 0.332 e. The van der Waals surface area contributed by atoms with Gasteiger partial charge in [-0.15, -0.1) is 0 Å². The summed E-state index contributed by atoms with van der Waals surface area (Å²) < 4.78 is 79.7. The first-order valence-electron chi connectivity index (χ1n) is 8.04. The number of carbonyl (C=O) groups excluding carboxylic acids is 2. The Bertz CT molecular complexity index is 649. The zero-order valence-corrected chi connectivity index (χ0v) is 14.8. The van der Waals surface area contributed by atoms with Crippen LogP contribution in [0.1, 0.15) is 32.3 Å². The largest absolute Gasteiger partial charge is 0.464 e. The van der Waals surface area contributed by atoms with Crippen LogP contribution in [0.3, 0.4) is 0 Å². The monoisotopic (exact) mass is 398 g/mol. The molecule has 1 aromatic rings. The lowest BCUT2D eigenvalue weighted by molar-refractivity contribution is -0.156. The van der Waals surface area contributed by atoms with E-state index < -0.39 is 66.4 Å². The molecule has 0 aliphatic carbocycles. The Hall–Kier alpha value is -2.23. The maximum atomic E-state index is 13.4. The Morgan fingerprint density at radius 3 is 1.81 bits per heavy atom. The number of ether oxygens (including phenoxy) is 3. The Labute approximate surface area is 152 Å². The molecule has 152 valence electrons. The van der Waals surface area contributed by atoms with E-state index >= 15 is 0 Å². The summed E-state index contributed by atoms with van der Waals surface area (Å²) in [7, 11) is 0. The van der Waals surface area contributed by atoms with E-state index in [2.05, 4.69) is 4.74 Å². The summed E-state index contributed by atoms with van der Waals surface area (Å²) in [5, 5.41) is 0. The second-order valence-electron chi connectivity index (χ2n) is 5.96. The Morgan fingerprint density at radius 2 is 1.30 bits per heavy atom. The Morgan fingerprint density at radius 1 is 0.815 bits per heavy atom. The van der Waals surface area contributed by atoms with Crippen molar-refractivity contribution in [1.82, 2.24) is 0 Å². The molecule has 0 N–H and O–H groups in total. The summed E-state index contributed by atoms with van der Waals surface area (Å²) in [6.45, 7) is 1.72. The van der Waals surface area contributed by atoms with Crippen LogP contribution in [0.15, 0.2) is 0 Å². The van der Waals surface area contributed by atoms with Crippen LogP contribution in [0.25, 0.3) is 0 Å². The van der Waals surface area contributed by atoms with Crippen molar-refractivity contribution >= 4 is 11.9 Å². The molecule has 0 fully saturated rings. The molecule has 1 aromatic carbocycles. The highest BCUT2D eigenvalue weighted by Gasteiger charge is 2.26. The lowest BCUT2D eigenvalue weighted by atomic mass is 10.1. The lowest BCUT2D eigenvalue weighted by Gasteiger charge is -2.09. The second kappa shape index (κ2) is 10.8. The van der Waals surface area contributed by atoms with Crippen molar-refractivity contribution in [3.63, 3.8) is 0 Å². The molecule has 0 heterocycles. The number of esters is 2. The highest BCUT2D eigenvalue weighted by Crippen LogP contribution is 2.23. The van der Waals surface area contributed by atoms with E-state index in [1.165, 1.54) is 0 Å². The first-order chi connectivity index (χ1) is 12.6. The summed E-state index contributed by atoms with van der Waals surface area (Å²) in [6.07, 6.45) is 1.55. The van der Waals surface area contributed by atoms with Crippen LogP contribution in [-0.4, -0.2) is 31.8 Å². The zero-order valence-electron chi connectivity index (χ0n) is 14.8. The lowest BCUT2D eigenvalue weighted by Crippen LogP contribution is -2.19. The van der Waals surface area contributed by atoms with Crippen LogP contribution in [0.2, 0.25) is 0 Å². The van der Waals surface area contributed by atoms with E-state index in [-0.39, 0.29) is 6.61 Å². The van der Waals surface area contributed by atoms with Gasteiger partial charge >= 0.3 is 11.9 Å². The van der Waals surface area contributed by atoms with Crippen molar-refractivity contribution in [2.24, 2.45) is 5.92 Å². The number of carbonyl (C=O) groups is 2. The molecule has 0 unspecified atom stereocenters. The molecule has 0 aliphatic heterocycles. The van der Waals surface area contributed by atoms with Gasteiger partial charge in [0.25, 0.3) is 0 Å². The van der Waals surface area contributed by atoms with Gasteiger partial charge in [-0.1, -0.05) is 13.8 Å². The average Bonchev–Trinajstić information content (AvgIpc) is 2.61. The fraction of sp³-hybridized carbons (Fsp3) is 0.529. The van der Waals surface area contributed by atoms with Crippen molar-refractivity contribution in [3.8, 4) is 0 Å². The molecule has 10 heteroatoms. The van der Waals surface area contributed by atoms with Gasteiger partial charge in [0, 0.05) is 0 Å². The van der Waals surface area contributed by atoms with Gasteiger partial charge < -0.3 is 14.2 Å². The van der Waals surface area contributed by atoms with Gasteiger partial charge in [-0.3, -0.25) is 0 Å². The second-order valence-corrected chi connectivity index (χ2v) is 5.96. The summed E-state index contributed by atoms with van der Waals surface area (Å²) in [5.74, 6) is -12.2. The topological polar surface area (TPSA) is 61.8 Å². The Balaban J connectivity index is 2.37. The molecule has 1 rings (SSSR count). The predicted octanol–water partition coefficient (Wildman–Crippen LogP) is 3.42. The molecule has 0 aliphatic rings. The molecule has 0 spiro atoms. The van der Waals surface area contributed by atoms with Crippen LogP contribution in [0.5, 0.6) is 0 Å². The maximum absolute atomic E-state index is 13.4. The third-order valence-electron chi connectivity index (χ3n) is 3.31. The summed E-state index contributed by atoms with van der Waals surface area (Å²) >= 11 is 0. The van der Waals surface area contributed by atoms with Crippen LogP contribution in [0.4, 0.5) is 22.0 Å². The van der Waals surface area contributed by atoms with Gasteiger partial charge in [0.15, 0.2) is 23.3 Å². The van der Waals surface area contributed by atoms with E-state index in [1.807, 2.05) is 13.8 Å². The number of benzene rings is 1. The van der Waals surface area contributed by atoms with Crippen molar-refractivity contribution in [2.75, 3.05) is 19.8 Å². The number of hydrogen-bond donors (Lipinski definition) is 0. The molecule has 0 radical (unpaired) electrons. The molecule has 0 bridgehead atoms. The van der Waals surface area contributed by atoms with Crippen LogP contribution >= 0.6 is 0 Å². The van der Waals surface area contributed by atoms with Gasteiger partial charge in [-0.2, -0.15) is 0 Å². The van der Waals surface area contributed by atoms with Gasteiger partial charge in [0.05, 0.1) is 12.2 Å². The standard InChI is InChI=1S/C17H19F5O5/c1-9(2)4-3-5-26-11(23)7-25-8-12(24)27-6-10-13(18)15(20)17(22)16(21)14(10)19/h9H,3-8H2,1-2H3. The molecule has 0 aromatic heterocycles. The fourth-order valence-electron chi connectivity index (χ4n) is 1.91. The average molecular weight is 398 g/mol.